The summed E-state index contributed by atoms with van der Waals surface area (Å²) in [5, 5.41) is 0. The van der Waals surface area contributed by atoms with Gasteiger partial charge in [-0.05, 0) is 40.6 Å². The van der Waals surface area contributed by atoms with E-state index in [1.54, 1.807) is 0 Å². The van der Waals surface area contributed by atoms with Crippen molar-refractivity contribution in [2.45, 2.75) is 25.6 Å². The van der Waals surface area contributed by atoms with Crippen molar-refractivity contribution in [3.8, 4) is 0 Å². The molecule has 0 aliphatic carbocycles. The maximum Gasteiger partial charge on any atom is 0.0828 e. The standard InChI is InChI=1S/C13H11B.C8H11N/c14-13(11-7-3-1-4-8-11)12-9-5-2-6-10-12;1-7(2)8-3-5-9-6-4-8/h1-10,13H;3-7H,1-2H3. The Bertz CT molecular complexity index is 626. The molecular formula is C21H22BN. The Morgan fingerprint density at radius 2 is 1.09 bits per heavy atom. The van der Waals surface area contributed by atoms with Crippen LogP contribution < -0.4 is 0 Å². The fourth-order valence-corrected chi connectivity index (χ4v) is 2.26. The lowest BCUT2D eigenvalue weighted by molar-refractivity contribution is 0.863. The molecule has 0 fully saturated rings. The Hall–Kier alpha value is -2.35. The SMILES string of the molecule is CC(C)c1ccncc1.[B]C(c1ccccc1)c1ccccc1. The van der Waals surface area contributed by atoms with Gasteiger partial charge in [-0.25, -0.2) is 0 Å². The van der Waals surface area contributed by atoms with Crippen molar-refractivity contribution in [2.75, 3.05) is 0 Å². The third-order valence-corrected chi connectivity index (χ3v) is 3.69. The highest BCUT2D eigenvalue weighted by molar-refractivity contribution is 6.14. The molecule has 3 rings (SSSR count). The van der Waals surface area contributed by atoms with Crippen molar-refractivity contribution in [1.29, 1.82) is 0 Å². The number of aromatic nitrogens is 1. The normalized spacial score (nSPS) is 10.3. The smallest absolute Gasteiger partial charge is 0.0828 e. The average Bonchev–Trinajstić information content (AvgIpc) is 2.64. The van der Waals surface area contributed by atoms with Crippen molar-refractivity contribution in [1.82, 2.24) is 4.98 Å². The van der Waals surface area contributed by atoms with Crippen LogP contribution in [0.25, 0.3) is 0 Å². The molecule has 114 valence electrons. The van der Waals surface area contributed by atoms with Gasteiger partial charge in [0, 0.05) is 12.4 Å². The minimum Gasteiger partial charge on any atom is -0.265 e. The van der Waals surface area contributed by atoms with E-state index in [1.165, 1.54) is 5.56 Å². The van der Waals surface area contributed by atoms with Gasteiger partial charge in [-0.1, -0.05) is 74.5 Å². The minimum atomic E-state index is -0.0163. The molecule has 0 aliphatic rings. The Morgan fingerprint density at radius 3 is 1.43 bits per heavy atom. The predicted molar refractivity (Wildman–Crippen MR) is 98.8 cm³/mol. The first-order valence-electron chi connectivity index (χ1n) is 7.94. The Balaban J connectivity index is 0.000000185. The Kier molecular flexibility index (Phi) is 6.62. The lowest BCUT2D eigenvalue weighted by Gasteiger charge is -2.12. The van der Waals surface area contributed by atoms with Crippen LogP contribution in [0, 0.1) is 0 Å². The van der Waals surface area contributed by atoms with E-state index >= 15 is 0 Å². The molecule has 1 nitrogen and oxygen atoms in total. The number of pyridine rings is 1. The van der Waals surface area contributed by atoms with E-state index in [0.717, 1.165) is 11.1 Å². The Labute approximate surface area is 140 Å². The third-order valence-electron chi connectivity index (χ3n) is 3.69. The zero-order valence-corrected chi connectivity index (χ0v) is 13.8. The van der Waals surface area contributed by atoms with Gasteiger partial charge in [0.15, 0.2) is 0 Å². The fourth-order valence-electron chi connectivity index (χ4n) is 2.26. The molecule has 0 N–H and O–H groups in total. The monoisotopic (exact) mass is 299 g/mol. The highest BCUT2D eigenvalue weighted by Gasteiger charge is 2.05. The molecule has 2 aromatic carbocycles. The molecule has 0 atom stereocenters. The molecule has 0 saturated carbocycles. The Morgan fingerprint density at radius 1 is 0.652 bits per heavy atom. The second-order valence-corrected chi connectivity index (χ2v) is 5.73. The summed E-state index contributed by atoms with van der Waals surface area (Å²) in [4.78, 5) is 3.93. The lowest BCUT2D eigenvalue weighted by Crippen LogP contribution is -1.99. The summed E-state index contributed by atoms with van der Waals surface area (Å²) >= 11 is 0. The van der Waals surface area contributed by atoms with Gasteiger partial charge < -0.3 is 0 Å². The number of hydrogen-bond donors (Lipinski definition) is 0. The minimum absolute atomic E-state index is 0.0163. The highest BCUT2D eigenvalue weighted by atomic mass is 14.6. The molecule has 2 radical (unpaired) electrons. The van der Waals surface area contributed by atoms with Crippen LogP contribution in [-0.2, 0) is 0 Å². The zero-order valence-electron chi connectivity index (χ0n) is 13.8. The van der Waals surface area contributed by atoms with Crippen LogP contribution in [0.3, 0.4) is 0 Å². The second kappa shape index (κ2) is 8.94. The molecule has 0 amide bonds. The van der Waals surface area contributed by atoms with Crippen LogP contribution in [0.2, 0.25) is 0 Å². The van der Waals surface area contributed by atoms with Crippen LogP contribution in [-0.4, -0.2) is 12.8 Å². The summed E-state index contributed by atoms with van der Waals surface area (Å²) in [5.41, 5.74) is 3.66. The number of hydrogen-bond acceptors (Lipinski definition) is 1. The molecule has 23 heavy (non-hydrogen) atoms. The lowest BCUT2D eigenvalue weighted by atomic mass is 9.76. The largest absolute Gasteiger partial charge is 0.265 e. The second-order valence-electron chi connectivity index (χ2n) is 5.73. The van der Waals surface area contributed by atoms with E-state index in [9.17, 15) is 0 Å². The van der Waals surface area contributed by atoms with E-state index in [0.29, 0.717) is 5.92 Å². The van der Waals surface area contributed by atoms with Gasteiger partial charge in [0.1, 0.15) is 0 Å². The molecule has 1 aromatic heterocycles. The summed E-state index contributed by atoms with van der Waals surface area (Å²) in [6, 6.07) is 24.4. The molecule has 0 bridgehead atoms. The van der Waals surface area contributed by atoms with E-state index in [2.05, 4.69) is 43.1 Å². The van der Waals surface area contributed by atoms with Crippen LogP contribution in [0.15, 0.2) is 85.2 Å². The first kappa shape index (κ1) is 17.0. The molecule has 0 spiro atoms. The number of rotatable bonds is 3. The highest BCUT2D eigenvalue weighted by Crippen LogP contribution is 2.20. The molecular weight excluding hydrogens is 277 g/mol. The van der Waals surface area contributed by atoms with Crippen LogP contribution in [0.1, 0.15) is 42.3 Å². The van der Waals surface area contributed by atoms with E-state index in [4.69, 9.17) is 7.85 Å². The predicted octanol–water partition coefficient (Wildman–Crippen LogP) is 5.15. The fraction of sp³-hybridized carbons (Fsp3) is 0.190. The van der Waals surface area contributed by atoms with Gasteiger partial charge in [-0.2, -0.15) is 0 Å². The maximum absolute atomic E-state index is 6.12. The molecule has 0 saturated heterocycles. The van der Waals surface area contributed by atoms with Gasteiger partial charge in [-0.15, -0.1) is 0 Å². The quantitative estimate of drug-likeness (QED) is 0.609. The third kappa shape index (κ3) is 5.41. The maximum atomic E-state index is 6.12. The van der Waals surface area contributed by atoms with Crippen molar-refractivity contribution in [3.63, 3.8) is 0 Å². The summed E-state index contributed by atoms with van der Waals surface area (Å²) in [7, 11) is 6.12. The topological polar surface area (TPSA) is 12.9 Å². The van der Waals surface area contributed by atoms with Crippen molar-refractivity contribution < 1.29 is 0 Å². The van der Waals surface area contributed by atoms with Gasteiger partial charge in [-0.3, -0.25) is 4.98 Å². The van der Waals surface area contributed by atoms with Gasteiger partial charge in [0.05, 0.1) is 7.85 Å². The van der Waals surface area contributed by atoms with Crippen molar-refractivity contribution in [3.05, 3.63) is 102 Å². The van der Waals surface area contributed by atoms with Crippen molar-refractivity contribution >= 4 is 7.85 Å². The molecule has 0 aliphatic heterocycles. The van der Waals surface area contributed by atoms with Crippen LogP contribution in [0.4, 0.5) is 0 Å². The molecule has 0 unspecified atom stereocenters. The van der Waals surface area contributed by atoms with Crippen LogP contribution in [0.5, 0.6) is 0 Å². The van der Waals surface area contributed by atoms with Gasteiger partial charge in [0.25, 0.3) is 0 Å². The van der Waals surface area contributed by atoms with E-state index in [-0.39, 0.29) is 5.82 Å². The number of nitrogens with zero attached hydrogens (tertiary/aromatic N) is 1. The summed E-state index contributed by atoms with van der Waals surface area (Å²) in [6.07, 6.45) is 3.66. The van der Waals surface area contributed by atoms with Crippen molar-refractivity contribution in [2.24, 2.45) is 0 Å². The van der Waals surface area contributed by atoms with Gasteiger partial charge >= 0.3 is 0 Å². The molecule has 1 heterocycles. The first-order valence-corrected chi connectivity index (χ1v) is 7.94. The van der Waals surface area contributed by atoms with E-state index in [1.807, 2.05) is 60.9 Å². The van der Waals surface area contributed by atoms with E-state index < -0.39 is 0 Å². The molecule has 2 heteroatoms. The van der Waals surface area contributed by atoms with Gasteiger partial charge in [0.2, 0.25) is 0 Å². The zero-order chi connectivity index (χ0) is 16.5. The summed E-state index contributed by atoms with van der Waals surface area (Å²) in [6.45, 7) is 4.35. The number of benzene rings is 2. The average molecular weight is 299 g/mol. The van der Waals surface area contributed by atoms with Crippen LogP contribution >= 0.6 is 0 Å². The first-order chi connectivity index (χ1) is 11.2. The summed E-state index contributed by atoms with van der Waals surface area (Å²) in [5.74, 6) is 0.602. The summed E-state index contributed by atoms with van der Waals surface area (Å²) < 4.78 is 0. The molecule has 3 aromatic rings.